The predicted octanol–water partition coefficient (Wildman–Crippen LogP) is 3.70. The third kappa shape index (κ3) is 3.24. The predicted molar refractivity (Wildman–Crippen MR) is 92.2 cm³/mol. The first kappa shape index (κ1) is 16.0. The van der Waals surface area contributed by atoms with Crippen molar-refractivity contribution in [2.75, 3.05) is 18.0 Å². The standard InChI is InChI=1S/C18H26N4O/c1-3-13-22(4-2)15-9-7-14(8-10-15)16-20-17(21-23-16)18(19)11-5-6-12-18/h7-10H,3-6,11-13,19H2,1-2H3. The topological polar surface area (TPSA) is 68.2 Å². The molecule has 0 aliphatic heterocycles. The van der Waals surface area contributed by atoms with Crippen molar-refractivity contribution in [2.24, 2.45) is 5.73 Å². The number of nitrogens with zero attached hydrogens (tertiary/aromatic N) is 3. The van der Waals surface area contributed by atoms with Gasteiger partial charge in [-0.2, -0.15) is 4.98 Å². The second-order valence-electron chi connectivity index (χ2n) is 6.41. The van der Waals surface area contributed by atoms with Crippen LogP contribution < -0.4 is 10.6 Å². The molecule has 2 N–H and O–H groups in total. The minimum atomic E-state index is -0.401. The van der Waals surface area contributed by atoms with E-state index in [-0.39, 0.29) is 0 Å². The molecule has 1 fully saturated rings. The van der Waals surface area contributed by atoms with Crippen LogP contribution in [0.3, 0.4) is 0 Å². The zero-order valence-corrected chi connectivity index (χ0v) is 14.1. The van der Waals surface area contributed by atoms with Crippen molar-refractivity contribution in [3.63, 3.8) is 0 Å². The van der Waals surface area contributed by atoms with E-state index in [9.17, 15) is 0 Å². The number of hydrogen-bond donors (Lipinski definition) is 1. The molecule has 23 heavy (non-hydrogen) atoms. The third-order valence-corrected chi connectivity index (χ3v) is 4.72. The Bertz CT molecular complexity index is 629. The van der Waals surface area contributed by atoms with Gasteiger partial charge in [0.05, 0.1) is 5.54 Å². The largest absolute Gasteiger partial charge is 0.372 e. The van der Waals surface area contributed by atoms with Gasteiger partial charge >= 0.3 is 0 Å². The summed E-state index contributed by atoms with van der Waals surface area (Å²) in [4.78, 5) is 6.91. The molecule has 0 saturated heterocycles. The lowest BCUT2D eigenvalue weighted by Gasteiger charge is -2.22. The van der Waals surface area contributed by atoms with E-state index in [4.69, 9.17) is 10.3 Å². The van der Waals surface area contributed by atoms with Gasteiger partial charge in [0.2, 0.25) is 0 Å². The molecule has 0 bridgehead atoms. The van der Waals surface area contributed by atoms with Crippen LogP contribution >= 0.6 is 0 Å². The summed E-state index contributed by atoms with van der Waals surface area (Å²) >= 11 is 0. The van der Waals surface area contributed by atoms with E-state index in [1.165, 1.54) is 5.69 Å². The molecule has 1 aromatic carbocycles. The molecule has 0 spiro atoms. The highest BCUT2D eigenvalue weighted by atomic mass is 16.5. The molecule has 2 aromatic rings. The van der Waals surface area contributed by atoms with Gasteiger partial charge in [0.15, 0.2) is 5.82 Å². The zero-order valence-electron chi connectivity index (χ0n) is 14.1. The Morgan fingerprint density at radius 3 is 2.48 bits per heavy atom. The van der Waals surface area contributed by atoms with E-state index in [2.05, 4.69) is 41.0 Å². The Morgan fingerprint density at radius 1 is 1.17 bits per heavy atom. The molecule has 5 heteroatoms. The maximum atomic E-state index is 6.40. The van der Waals surface area contributed by atoms with Crippen LogP contribution in [0.15, 0.2) is 28.8 Å². The molecule has 5 nitrogen and oxygen atoms in total. The smallest absolute Gasteiger partial charge is 0.257 e. The molecule has 0 amide bonds. The summed E-state index contributed by atoms with van der Waals surface area (Å²) < 4.78 is 5.45. The van der Waals surface area contributed by atoms with Crippen LogP contribution in [0.1, 0.15) is 51.8 Å². The fourth-order valence-corrected chi connectivity index (χ4v) is 3.33. The summed E-state index contributed by atoms with van der Waals surface area (Å²) in [6.07, 6.45) is 5.29. The van der Waals surface area contributed by atoms with Gasteiger partial charge in [0.25, 0.3) is 5.89 Å². The fourth-order valence-electron chi connectivity index (χ4n) is 3.33. The summed E-state index contributed by atoms with van der Waals surface area (Å²) in [6.45, 7) is 6.45. The number of hydrogen-bond acceptors (Lipinski definition) is 5. The fraction of sp³-hybridized carbons (Fsp3) is 0.556. The van der Waals surface area contributed by atoms with E-state index in [0.717, 1.165) is 50.8 Å². The Hall–Kier alpha value is -1.88. The summed E-state index contributed by atoms with van der Waals surface area (Å²) in [6, 6.07) is 8.32. The van der Waals surface area contributed by atoms with E-state index in [0.29, 0.717) is 11.7 Å². The van der Waals surface area contributed by atoms with Gasteiger partial charge in [-0.1, -0.05) is 24.9 Å². The average molecular weight is 314 g/mol. The Kier molecular flexibility index (Phi) is 4.66. The van der Waals surface area contributed by atoms with Crippen molar-refractivity contribution in [3.05, 3.63) is 30.1 Å². The normalized spacial score (nSPS) is 16.7. The van der Waals surface area contributed by atoms with Gasteiger partial charge in [-0.3, -0.25) is 0 Å². The molecule has 1 saturated carbocycles. The molecular formula is C18H26N4O. The van der Waals surface area contributed by atoms with Crippen LogP contribution in [-0.2, 0) is 5.54 Å². The van der Waals surface area contributed by atoms with Crippen LogP contribution in [0.25, 0.3) is 11.5 Å². The number of anilines is 1. The Balaban J connectivity index is 1.79. The first-order valence-electron chi connectivity index (χ1n) is 8.64. The minimum Gasteiger partial charge on any atom is -0.372 e. The Morgan fingerprint density at radius 2 is 1.87 bits per heavy atom. The third-order valence-electron chi connectivity index (χ3n) is 4.72. The lowest BCUT2D eigenvalue weighted by Crippen LogP contribution is -2.34. The van der Waals surface area contributed by atoms with E-state index >= 15 is 0 Å². The summed E-state index contributed by atoms with van der Waals surface area (Å²) in [5.41, 5.74) is 8.17. The highest BCUT2D eigenvalue weighted by Gasteiger charge is 2.36. The molecular weight excluding hydrogens is 288 g/mol. The highest BCUT2D eigenvalue weighted by Crippen LogP contribution is 2.35. The van der Waals surface area contributed by atoms with Crippen LogP contribution in [-0.4, -0.2) is 23.2 Å². The lowest BCUT2D eigenvalue weighted by atomic mass is 9.99. The van der Waals surface area contributed by atoms with Gasteiger partial charge in [0.1, 0.15) is 0 Å². The van der Waals surface area contributed by atoms with Crippen molar-refractivity contribution in [3.8, 4) is 11.5 Å². The van der Waals surface area contributed by atoms with Crippen LogP contribution in [0.2, 0.25) is 0 Å². The van der Waals surface area contributed by atoms with Crippen molar-refractivity contribution in [1.29, 1.82) is 0 Å². The van der Waals surface area contributed by atoms with Gasteiger partial charge in [-0.05, 0) is 50.5 Å². The van der Waals surface area contributed by atoms with Crippen LogP contribution in [0, 0.1) is 0 Å². The van der Waals surface area contributed by atoms with Crippen molar-refractivity contribution in [2.45, 2.75) is 51.5 Å². The van der Waals surface area contributed by atoms with Crippen molar-refractivity contribution in [1.82, 2.24) is 10.1 Å². The number of aromatic nitrogens is 2. The van der Waals surface area contributed by atoms with E-state index in [1.807, 2.05) is 12.1 Å². The minimum absolute atomic E-state index is 0.401. The van der Waals surface area contributed by atoms with E-state index < -0.39 is 5.54 Å². The molecule has 124 valence electrons. The summed E-state index contributed by atoms with van der Waals surface area (Å²) in [5.74, 6) is 1.21. The van der Waals surface area contributed by atoms with Gasteiger partial charge in [0, 0.05) is 24.3 Å². The SMILES string of the molecule is CCCN(CC)c1ccc(-c2nc(C3(N)CCCC3)no2)cc1. The van der Waals surface area contributed by atoms with Crippen LogP contribution in [0.4, 0.5) is 5.69 Å². The quantitative estimate of drug-likeness (QED) is 0.880. The zero-order chi connectivity index (χ0) is 16.3. The molecule has 1 aliphatic rings. The molecule has 0 atom stereocenters. The van der Waals surface area contributed by atoms with Crippen LogP contribution in [0.5, 0.6) is 0 Å². The molecule has 0 unspecified atom stereocenters. The lowest BCUT2D eigenvalue weighted by molar-refractivity contribution is 0.372. The average Bonchev–Trinajstić information content (AvgIpc) is 3.23. The van der Waals surface area contributed by atoms with Gasteiger partial charge < -0.3 is 15.2 Å². The number of nitrogens with two attached hydrogens (primary N) is 1. The first-order chi connectivity index (χ1) is 11.2. The maximum Gasteiger partial charge on any atom is 0.257 e. The molecule has 1 aromatic heterocycles. The summed E-state index contributed by atoms with van der Waals surface area (Å²) in [7, 11) is 0. The summed E-state index contributed by atoms with van der Waals surface area (Å²) in [5, 5.41) is 4.13. The second kappa shape index (κ2) is 6.71. The molecule has 1 aliphatic carbocycles. The molecule has 1 heterocycles. The maximum absolute atomic E-state index is 6.40. The molecule has 0 radical (unpaired) electrons. The Labute approximate surface area is 137 Å². The first-order valence-corrected chi connectivity index (χ1v) is 8.64. The molecule has 3 rings (SSSR count). The van der Waals surface area contributed by atoms with Crippen molar-refractivity contribution < 1.29 is 4.52 Å². The number of benzene rings is 1. The van der Waals surface area contributed by atoms with Gasteiger partial charge in [-0.25, -0.2) is 0 Å². The van der Waals surface area contributed by atoms with Gasteiger partial charge in [-0.15, -0.1) is 0 Å². The van der Waals surface area contributed by atoms with Crippen molar-refractivity contribution >= 4 is 5.69 Å². The van der Waals surface area contributed by atoms with E-state index in [1.54, 1.807) is 0 Å². The highest BCUT2D eigenvalue weighted by molar-refractivity contribution is 5.59. The monoisotopic (exact) mass is 314 g/mol. The number of rotatable bonds is 6. The second-order valence-corrected chi connectivity index (χ2v) is 6.41.